The number of amides is 2. The number of hydrogen-bond donors (Lipinski definition) is 0. The molecule has 136 valence electrons. The van der Waals surface area contributed by atoms with Crippen LogP contribution in [0.25, 0.3) is 11.4 Å². The maximum Gasteiger partial charge on any atom is 0.294 e. The number of furan rings is 1. The van der Waals surface area contributed by atoms with Gasteiger partial charge in [0, 0.05) is 31.4 Å². The van der Waals surface area contributed by atoms with Gasteiger partial charge < -0.3 is 14.2 Å². The molecule has 0 saturated heterocycles. The molecule has 7 heteroatoms. The van der Waals surface area contributed by atoms with Crippen LogP contribution >= 0.6 is 0 Å². The van der Waals surface area contributed by atoms with Crippen molar-refractivity contribution in [3.63, 3.8) is 0 Å². The molecule has 1 aromatic carbocycles. The van der Waals surface area contributed by atoms with Crippen LogP contribution in [-0.4, -0.2) is 34.4 Å². The van der Waals surface area contributed by atoms with Gasteiger partial charge in [0.05, 0.1) is 23.7 Å². The molecule has 1 atom stereocenters. The highest BCUT2D eigenvalue weighted by molar-refractivity contribution is 6.09. The lowest BCUT2D eigenvalue weighted by Crippen LogP contribution is -2.51. The smallest absolute Gasteiger partial charge is 0.294 e. The quantitative estimate of drug-likeness (QED) is 0.700. The maximum absolute atomic E-state index is 13.0. The van der Waals surface area contributed by atoms with Crippen molar-refractivity contribution in [1.82, 2.24) is 9.97 Å². The van der Waals surface area contributed by atoms with Crippen molar-refractivity contribution in [2.45, 2.75) is 19.9 Å². The molecule has 0 aliphatic carbocycles. The summed E-state index contributed by atoms with van der Waals surface area (Å²) in [6.07, 6.45) is 4.80. The Morgan fingerprint density at radius 1 is 1.11 bits per heavy atom. The van der Waals surface area contributed by atoms with E-state index in [1.54, 1.807) is 40.4 Å². The van der Waals surface area contributed by atoms with E-state index >= 15 is 0 Å². The van der Waals surface area contributed by atoms with E-state index < -0.39 is 0 Å². The molecule has 0 radical (unpaired) electrons. The number of nitrogens with zero attached hydrogens (tertiary/aromatic N) is 4. The van der Waals surface area contributed by atoms with Gasteiger partial charge in [-0.05, 0) is 43.3 Å². The van der Waals surface area contributed by atoms with E-state index in [4.69, 9.17) is 4.42 Å². The SMILES string of the molecule is CC(=O)N1c2ccc(-c3ncccn3)cc2N(C(=O)c2ccco2)C[C@@H]1C. The van der Waals surface area contributed by atoms with E-state index in [1.807, 2.05) is 25.1 Å². The molecule has 0 spiro atoms. The molecule has 0 bridgehead atoms. The Balaban J connectivity index is 1.85. The highest BCUT2D eigenvalue weighted by Crippen LogP contribution is 2.38. The van der Waals surface area contributed by atoms with Gasteiger partial charge in [0.25, 0.3) is 5.91 Å². The first-order valence-electron chi connectivity index (χ1n) is 8.63. The van der Waals surface area contributed by atoms with Crippen LogP contribution in [-0.2, 0) is 4.79 Å². The normalized spacial score (nSPS) is 16.1. The largest absolute Gasteiger partial charge is 0.459 e. The minimum absolute atomic E-state index is 0.0717. The van der Waals surface area contributed by atoms with Crippen LogP contribution in [0.2, 0.25) is 0 Å². The van der Waals surface area contributed by atoms with Gasteiger partial charge in [-0.3, -0.25) is 9.59 Å². The number of benzene rings is 1. The lowest BCUT2D eigenvalue weighted by Gasteiger charge is -2.40. The van der Waals surface area contributed by atoms with Crippen molar-refractivity contribution in [3.05, 3.63) is 60.8 Å². The third-order valence-corrected chi connectivity index (χ3v) is 4.55. The topological polar surface area (TPSA) is 79.5 Å². The number of hydrogen-bond acceptors (Lipinski definition) is 5. The van der Waals surface area contributed by atoms with E-state index in [1.165, 1.54) is 13.2 Å². The Morgan fingerprint density at radius 2 is 1.89 bits per heavy atom. The van der Waals surface area contributed by atoms with Crippen molar-refractivity contribution in [1.29, 1.82) is 0 Å². The summed E-state index contributed by atoms with van der Waals surface area (Å²) in [5.74, 6) is 0.490. The van der Waals surface area contributed by atoms with Crippen molar-refractivity contribution in [2.24, 2.45) is 0 Å². The minimum atomic E-state index is -0.248. The zero-order chi connectivity index (χ0) is 19.0. The molecule has 2 aromatic heterocycles. The highest BCUT2D eigenvalue weighted by Gasteiger charge is 2.35. The number of anilines is 2. The second-order valence-electron chi connectivity index (χ2n) is 6.41. The van der Waals surface area contributed by atoms with E-state index in [9.17, 15) is 9.59 Å². The first-order chi connectivity index (χ1) is 13.1. The first-order valence-corrected chi connectivity index (χ1v) is 8.63. The Labute approximate surface area is 156 Å². The second kappa shape index (κ2) is 6.68. The summed E-state index contributed by atoms with van der Waals surface area (Å²) in [6.45, 7) is 3.81. The number of carbonyl (C=O) groups excluding carboxylic acids is 2. The average Bonchev–Trinajstić information content (AvgIpc) is 3.21. The van der Waals surface area contributed by atoms with Gasteiger partial charge in [-0.25, -0.2) is 9.97 Å². The Kier molecular flexibility index (Phi) is 4.19. The van der Waals surface area contributed by atoms with Crippen molar-refractivity contribution >= 4 is 23.2 Å². The molecule has 3 heterocycles. The molecular formula is C20H18N4O3. The van der Waals surface area contributed by atoms with E-state index in [-0.39, 0.29) is 23.6 Å². The van der Waals surface area contributed by atoms with Gasteiger partial charge in [-0.15, -0.1) is 0 Å². The molecule has 3 aromatic rings. The van der Waals surface area contributed by atoms with Crippen LogP contribution in [0.4, 0.5) is 11.4 Å². The van der Waals surface area contributed by atoms with Crippen LogP contribution in [0.3, 0.4) is 0 Å². The van der Waals surface area contributed by atoms with Crippen LogP contribution in [0.5, 0.6) is 0 Å². The molecule has 1 aliphatic rings. The van der Waals surface area contributed by atoms with Gasteiger partial charge in [0.1, 0.15) is 0 Å². The monoisotopic (exact) mass is 362 g/mol. The van der Waals surface area contributed by atoms with Crippen LogP contribution in [0.15, 0.2) is 59.5 Å². The summed E-state index contributed by atoms with van der Waals surface area (Å²) >= 11 is 0. The number of carbonyl (C=O) groups is 2. The van der Waals surface area contributed by atoms with Crippen molar-refractivity contribution < 1.29 is 14.0 Å². The first kappa shape index (κ1) is 17.0. The molecule has 4 rings (SSSR count). The molecule has 0 N–H and O–H groups in total. The summed E-state index contributed by atoms with van der Waals surface area (Å²) in [7, 11) is 0. The molecule has 1 aliphatic heterocycles. The average molecular weight is 362 g/mol. The minimum Gasteiger partial charge on any atom is -0.459 e. The summed E-state index contributed by atoms with van der Waals surface area (Å²) in [5.41, 5.74) is 2.08. The Morgan fingerprint density at radius 3 is 2.56 bits per heavy atom. The van der Waals surface area contributed by atoms with Gasteiger partial charge in [-0.2, -0.15) is 0 Å². The highest BCUT2D eigenvalue weighted by atomic mass is 16.3. The molecule has 0 unspecified atom stereocenters. The lowest BCUT2D eigenvalue weighted by atomic mass is 10.0. The summed E-state index contributed by atoms with van der Waals surface area (Å²) < 4.78 is 5.29. The third kappa shape index (κ3) is 2.97. The lowest BCUT2D eigenvalue weighted by molar-refractivity contribution is -0.117. The van der Waals surface area contributed by atoms with Crippen LogP contribution in [0, 0.1) is 0 Å². The molecule has 27 heavy (non-hydrogen) atoms. The number of rotatable bonds is 2. The summed E-state index contributed by atoms with van der Waals surface area (Å²) in [5, 5.41) is 0. The second-order valence-corrected chi connectivity index (χ2v) is 6.41. The van der Waals surface area contributed by atoms with E-state index in [2.05, 4.69) is 9.97 Å². The van der Waals surface area contributed by atoms with Crippen molar-refractivity contribution in [3.8, 4) is 11.4 Å². The number of aromatic nitrogens is 2. The van der Waals surface area contributed by atoms with Gasteiger partial charge in [0.2, 0.25) is 5.91 Å². The fourth-order valence-electron chi connectivity index (χ4n) is 3.42. The third-order valence-electron chi connectivity index (χ3n) is 4.55. The predicted octanol–water partition coefficient (Wildman–Crippen LogP) is 3.14. The maximum atomic E-state index is 13.0. The van der Waals surface area contributed by atoms with Crippen LogP contribution in [0.1, 0.15) is 24.4 Å². The Bertz CT molecular complexity index is 986. The molecule has 0 fully saturated rings. The molecule has 2 amide bonds. The van der Waals surface area contributed by atoms with E-state index in [0.717, 1.165) is 5.56 Å². The molecular weight excluding hydrogens is 344 g/mol. The van der Waals surface area contributed by atoms with Gasteiger partial charge >= 0.3 is 0 Å². The van der Waals surface area contributed by atoms with Crippen molar-refractivity contribution in [2.75, 3.05) is 16.3 Å². The Hall–Kier alpha value is -3.48. The van der Waals surface area contributed by atoms with Gasteiger partial charge in [0.15, 0.2) is 11.6 Å². The fraction of sp³-hybridized carbons (Fsp3) is 0.200. The molecule has 0 saturated carbocycles. The standard InChI is InChI=1S/C20H18N4O3/c1-13-12-23(20(26)18-5-3-10-27-18)17-11-15(19-21-8-4-9-22-19)6-7-16(17)24(13)14(2)25/h3-11,13H,12H2,1-2H3/t13-/m0/s1. The van der Waals surface area contributed by atoms with E-state index in [0.29, 0.717) is 23.7 Å². The summed E-state index contributed by atoms with van der Waals surface area (Å²) in [4.78, 5) is 37.1. The van der Waals surface area contributed by atoms with Crippen LogP contribution < -0.4 is 9.80 Å². The van der Waals surface area contributed by atoms with Gasteiger partial charge in [-0.1, -0.05) is 0 Å². The molecule has 7 nitrogen and oxygen atoms in total. The predicted molar refractivity (Wildman–Crippen MR) is 100 cm³/mol. The summed E-state index contributed by atoms with van der Waals surface area (Å²) in [6, 6.07) is 10.4. The zero-order valence-electron chi connectivity index (χ0n) is 15.0. The zero-order valence-corrected chi connectivity index (χ0v) is 15.0. The fourth-order valence-corrected chi connectivity index (χ4v) is 3.42. The number of fused-ring (bicyclic) bond motifs is 1.